The number of aromatic hydroxyl groups is 1. The minimum absolute atomic E-state index is 0.192. The van der Waals surface area contributed by atoms with Crippen molar-refractivity contribution in [2.75, 3.05) is 5.73 Å². The summed E-state index contributed by atoms with van der Waals surface area (Å²) >= 11 is 3.32. The van der Waals surface area contributed by atoms with Crippen molar-refractivity contribution in [3.05, 3.63) is 28.7 Å². The molecule has 1 aromatic carbocycles. The molecule has 4 N–H and O–H groups in total. The minimum Gasteiger partial charge on any atom is -0.507 e. The lowest BCUT2D eigenvalue weighted by atomic mass is 10.1. The van der Waals surface area contributed by atoms with Crippen molar-refractivity contribution in [3.8, 4) is 17.0 Å². The number of phenols is 1. The monoisotopic (exact) mass is 253 g/mol. The summed E-state index contributed by atoms with van der Waals surface area (Å²) < 4.78 is 0.887. The molecule has 0 unspecified atom stereocenters. The van der Waals surface area contributed by atoms with Crippen LogP contribution in [0.4, 0.5) is 5.82 Å². The molecule has 5 heteroatoms. The van der Waals surface area contributed by atoms with Gasteiger partial charge in [-0.2, -0.15) is 5.10 Å². The van der Waals surface area contributed by atoms with E-state index in [0.29, 0.717) is 17.1 Å². The van der Waals surface area contributed by atoms with Crippen LogP contribution in [-0.2, 0) is 0 Å². The van der Waals surface area contributed by atoms with E-state index in [9.17, 15) is 5.11 Å². The molecule has 0 radical (unpaired) electrons. The van der Waals surface area contributed by atoms with E-state index >= 15 is 0 Å². The number of H-pyrrole nitrogens is 1. The lowest BCUT2D eigenvalue weighted by Gasteiger charge is -2.01. The van der Waals surface area contributed by atoms with Crippen molar-refractivity contribution in [2.45, 2.75) is 0 Å². The predicted molar refractivity (Wildman–Crippen MR) is 57.8 cm³/mol. The molecule has 0 amide bonds. The van der Waals surface area contributed by atoms with E-state index in [-0.39, 0.29) is 5.75 Å². The highest BCUT2D eigenvalue weighted by Crippen LogP contribution is 2.30. The van der Waals surface area contributed by atoms with Crippen molar-refractivity contribution < 1.29 is 5.11 Å². The Hall–Kier alpha value is -1.49. The lowest BCUT2D eigenvalue weighted by molar-refractivity contribution is 0.477. The van der Waals surface area contributed by atoms with Gasteiger partial charge in [-0.15, -0.1) is 0 Å². The number of nitrogens with two attached hydrogens (primary N) is 1. The largest absolute Gasteiger partial charge is 0.507 e. The number of nitrogens with zero attached hydrogens (tertiary/aromatic N) is 1. The Morgan fingerprint density at radius 3 is 2.79 bits per heavy atom. The van der Waals surface area contributed by atoms with Gasteiger partial charge < -0.3 is 10.8 Å². The molecule has 0 aliphatic heterocycles. The first-order valence-corrected chi connectivity index (χ1v) is 4.76. The quantitative estimate of drug-likeness (QED) is 0.729. The standard InChI is InChI=1S/C9H8BrN3O/c10-5-1-2-8(14)6(3-5)7-4-9(11)13-12-7/h1-4,14H,(H3,11,12,13). The Kier molecular flexibility index (Phi) is 2.17. The number of nitrogens with one attached hydrogen (secondary N) is 1. The van der Waals surface area contributed by atoms with Crippen molar-refractivity contribution in [3.63, 3.8) is 0 Å². The first-order valence-electron chi connectivity index (χ1n) is 3.96. The number of rotatable bonds is 1. The molecule has 0 fully saturated rings. The molecule has 0 aliphatic rings. The molecular weight excluding hydrogens is 246 g/mol. The number of halogens is 1. The maximum atomic E-state index is 9.59. The highest BCUT2D eigenvalue weighted by molar-refractivity contribution is 9.10. The first-order chi connectivity index (χ1) is 6.66. The summed E-state index contributed by atoms with van der Waals surface area (Å²) in [5.41, 5.74) is 6.83. The van der Waals surface area contributed by atoms with Crippen molar-refractivity contribution in [1.82, 2.24) is 10.2 Å². The van der Waals surface area contributed by atoms with Gasteiger partial charge in [0, 0.05) is 16.1 Å². The highest BCUT2D eigenvalue weighted by atomic mass is 79.9. The van der Waals surface area contributed by atoms with Gasteiger partial charge in [-0.3, -0.25) is 5.10 Å². The fourth-order valence-electron chi connectivity index (χ4n) is 1.20. The summed E-state index contributed by atoms with van der Waals surface area (Å²) in [6.07, 6.45) is 0. The number of hydrogen-bond acceptors (Lipinski definition) is 3. The maximum absolute atomic E-state index is 9.59. The molecule has 0 bridgehead atoms. The number of phenolic OH excluding ortho intramolecular Hbond substituents is 1. The SMILES string of the molecule is Nc1cc(-c2cc(Br)ccc2O)[nH]n1. The Bertz CT molecular complexity index is 467. The van der Waals surface area contributed by atoms with E-state index in [2.05, 4.69) is 26.1 Å². The summed E-state index contributed by atoms with van der Waals surface area (Å²) in [6.45, 7) is 0. The molecule has 1 heterocycles. The van der Waals surface area contributed by atoms with Crippen LogP contribution in [0, 0.1) is 0 Å². The van der Waals surface area contributed by atoms with Crippen LogP contribution in [0.15, 0.2) is 28.7 Å². The van der Waals surface area contributed by atoms with Gasteiger partial charge in [0.25, 0.3) is 0 Å². The molecule has 1 aromatic heterocycles. The third-order valence-corrected chi connectivity index (χ3v) is 2.34. The zero-order chi connectivity index (χ0) is 10.1. The summed E-state index contributed by atoms with van der Waals surface area (Å²) in [4.78, 5) is 0. The van der Waals surface area contributed by atoms with E-state index in [0.717, 1.165) is 4.47 Å². The topological polar surface area (TPSA) is 74.9 Å². The minimum atomic E-state index is 0.192. The van der Waals surface area contributed by atoms with Crippen molar-refractivity contribution in [1.29, 1.82) is 0 Å². The molecule has 0 saturated heterocycles. The van der Waals surface area contributed by atoms with Crippen LogP contribution < -0.4 is 5.73 Å². The fraction of sp³-hybridized carbons (Fsp3) is 0. The van der Waals surface area contributed by atoms with E-state index in [1.165, 1.54) is 0 Å². The summed E-state index contributed by atoms with van der Waals surface area (Å²) in [7, 11) is 0. The van der Waals surface area contributed by atoms with Gasteiger partial charge in [-0.1, -0.05) is 15.9 Å². The molecular formula is C9H8BrN3O. The summed E-state index contributed by atoms with van der Waals surface area (Å²) in [5.74, 6) is 0.594. The first kappa shape index (κ1) is 9.08. The molecule has 72 valence electrons. The van der Waals surface area contributed by atoms with Gasteiger partial charge in [0.1, 0.15) is 11.6 Å². The van der Waals surface area contributed by atoms with Gasteiger partial charge in [0.2, 0.25) is 0 Å². The molecule has 0 spiro atoms. The molecule has 0 aliphatic carbocycles. The highest BCUT2D eigenvalue weighted by Gasteiger charge is 2.07. The zero-order valence-corrected chi connectivity index (χ0v) is 8.75. The van der Waals surface area contributed by atoms with Crippen LogP contribution in [-0.4, -0.2) is 15.3 Å². The Morgan fingerprint density at radius 2 is 2.14 bits per heavy atom. The molecule has 2 rings (SSSR count). The number of nitrogen functional groups attached to an aromatic ring is 1. The van der Waals surface area contributed by atoms with Gasteiger partial charge in [-0.25, -0.2) is 0 Å². The third-order valence-electron chi connectivity index (χ3n) is 1.85. The van der Waals surface area contributed by atoms with Crippen LogP contribution in [0.5, 0.6) is 5.75 Å². The van der Waals surface area contributed by atoms with Crippen molar-refractivity contribution >= 4 is 21.7 Å². The van der Waals surface area contributed by atoms with Crippen molar-refractivity contribution in [2.24, 2.45) is 0 Å². The second kappa shape index (κ2) is 3.34. The maximum Gasteiger partial charge on any atom is 0.145 e. The van der Waals surface area contributed by atoms with Gasteiger partial charge in [0.05, 0.1) is 5.69 Å². The predicted octanol–water partition coefficient (Wildman–Crippen LogP) is 2.13. The molecule has 4 nitrogen and oxygen atoms in total. The fourth-order valence-corrected chi connectivity index (χ4v) is 1.56. The Balaban J connectivity index is 2.55. The number of aromatic nitrogens is 2. The van der Waals surface area contributed by atoms with E-state index < -0.39 is 0 Å². The van der Waals surface area contributed by atoms with Crippen LogP contribution in [0.1, 0.15) is 0 Å². The van der Waals surface area contributed by atoms with Crippen LogP contribution in [0.3, 0.4) is 0 Å². The summed E-state index contributed by atoms with van der Waals surface area (Å²) in [5, 5.41) is 16.1. The van der Waals surface area contributed by atoms with Gasteiger partial charge >= 0.3 is 0 Å². The normalized spacial score (nSPS) is 10.4. The van der Waals surface area contributed by atoms with E-state index in [1.807, 2.05) is 0 Å². The molecule has 0 atom stereocenters. The molecule has 14 heavy (non-hydrogen) atoms. The number of hydrogen-bond donors (Lipinski definition) is 3. The second-order valence-electron chi connectivity index (χ2n) is 2.87. The Labute approximate surface area is 88.9 Å². The molecule has 2 aromatic rings. The number of aromatic amines is 1. The lowest BCUT2D eigenvalue weighted by Crippen LogP contribution is -1.81. The third kappa shape index (κ3) is 1.58. The van der Waals surface area contributed by atoms with Crippen LogP contribution in [0.25, 0.3) is 11.3 Å². The van der Waals surface area contributed by atoms with Gasteiger partial charge in [0.15, 0.2) is 0 Å². The number of benzene rings is 1. The number of anilines is 1. The van der Waals surface area contributed by atoms with E-state index in [1.54, 1.807) is 24.3 Å². The Morgan fingerprint density at radius 1 is 1.36 bits per heavy atom. The second-order valence-corrected chi connectivity index (χ2v) is 3.78. The molecule has 0 saturated carbocycles. The average molecular weight is 254 g/mol. The van der Waals surface area contributed by atoms with E-state index in [4.69, 9.17) is 5.73 Å². The average Bonchev–Trinajstić information content (AvgIpc) is 2.56. The van der Waals surface area contributed by atoms with Crippen LogP contribution in [0.2, 0.25) is 0 Å². The zero-order valence-electron chi connectivity index (χ0n) is 7.16. The van der Waals surface area contributed by atoms with Crippen LogP contribution >= 0.6 is 15.9 Å². The summed E-state index contributed by atoms with van der Waals surface area (Å²) in [6, 6.07) is 6.83. The smallest absolute Gasteiger partial charge is 0.145 e. The van der Waals surface area contributed by atoms with Gasteiger partial charge in [-0.05, 0) is 18.2 Å².